The van der Waals surface area contributed by atoms with Crippen LogP contribution in [0.3, 0.4) is 0 Å². The molecule has 92 valence electrons. The molecule has 0 bridgehead atoms. The molecule has 0 saturated carbocycles. The number of halogens is 1. The fraction of sp³-hybridized carbons (Fsp3) is 0. The van der Waals surface area contributed by atoms with Crippen LogP contribution in [0.25, 0.3) is 12.2 Å². The Morgan fingerprint density at radius 3 is 1.39 bits per heavy atom. The second kappa shape index (κ2) is 8.09. The van der Waals surface area contributed by atoms with E-state index < -0.39 is 5.37 Å². The largest absolute Gasteiger partial charge is 0.356 e. The first-order valence-corrected chi connectivity index (χ1v) is 5.79. The molecule has 0 radical (unpaired) electrons. The number of nitrogens with two attached hydrogens (primary N) is 1. The van der Waals surface area contributed by atoms with Crippen molar-refractivity contribution in [1.29, 1.82) is 0 Å². The first-order chi connectivity index (χ1) is 8.68. The van der Waals surface area contributed by atoms with E-state index in [2.05, 4.69) is 53.8 Å². The van der Waals surface area contributed by atoms with E-state index in [0.29, 0.717) is 0 Å². The van der Waals surface area contributed by atoms with Crippen LogP contribution in [0.4, 0.5) is 4.79 Å². The van der Waals surface area contributed by atoms with Crippen molar-refractivity contribution in [2.24, 2.45) is 5.73 Å². The fourth-order valence-corrected chi connectivity index (χ4v) is 1.32. The van der Waals surface area contributed by atoms with Gasteiger partial charge in [0.1, 0.15) is 0 Å². The molecule has 2 N–H and O–H groups in total. The Morgan fingerprint density at radius 1 is 0.833 bits per heavy atom. The van der Waals surface area contributed by atoms with Gasteiger partial charge in [0.2, 0.25) is 0 Å². The Hall–Kier alpha value is -2.06. The van der Waals surface area contributed by atoms with Crippen molar-refractivity contribution in [3.8, 4) is 0 Å². The molecule has 0 aliphatic heterocycles. The highest BCUT2D eigenvalue weighted by Gasteiger charge is 1.84. The van der Waals surface area contributed by atoms with E-state index in [1.807, 2.05) is 36.4 Å². The van der Waals surface area contributed by atoms with Crippen LogP contribution < -0.4 is 5.73 Å². The molecule has 3 heteroatoms. The van der Waals surface area contributed by atoms with Crippen molar-refractivity contribution in [3.63, 3.8) is 0 Å². The molecule has 0 saturated heterocycles. The number of primary amides is 1. The highest BCUT2D eigenvalue weighted by Crippen LogP contribution is 2.06. The molecule has 0 spiro atoms. The minimum atomic E-state index is -0.861. The molecule has 2 aromatic rings. The Bertz CT molecular complexity index is 449. The van der Waals surface area contributed by atoms with Crippen LogP contribution in [-0.4, -0.2) is 5.37 Å². The standard InChI is InChI=1S/C14H12.CH2ClNO/c1-3-7-13(8-4-1)11-12-14-9-5-2-6-10-14;2-1(3)4/h1-12H;(H2,3,4). The van der Waals surface area contributed by atoms with E-state index in [0.717, 1.165) is 0 Å². The van der Waals surface area contributed by atoms with Gasteiger partial charge < -0.3 is 5.73 Å². The van der Waals surface area contributed by atoms with Crippen molar-refractivity contribution < 1.29 is 4.79 Å². The van der Waals surface area contributed by atoms with Crippen LogP contribution >= 0.6 is 11.6 Å². The molecule has 0 atom stereocenters. The van der Waals surface area contributed by atoms with Crippen molar-refractivity contribution in [2.75, 3.05) is 0 Å². The van der Waals surface area contributed by atoms with Crippen LogP contribution in [0.1, 0.15) is 11.1 Å². The predicted molar refractivity (Wildman–Crippen MR) is 77.2 cm³/mol. The third kappa shape index (κ3) is 6.51. The quantitative estimate of drug-likeness (QED) is 0.491. The van der Waals surface area contributed by atoms with E-state index >= 15 is 0 Å². The van der Waals surface area contributed by atoms with Gasteiger partial charge in [0.15, 0.2) is 0 Å². The van der Waals surface area contributed by atoms with Gasteiger partial charge in [-0.3, -0.25) is 4.79 Å². The molecule has 2 rings (SSSR count). The summed E-state index contributed by atoms with van der Waals surface area (Å²) in [4.78, 5) is 8.99. The minimum absolute atomic E-state index is 0.861. The summed E-state index contributed by atoms with van der Waals surface area (Å²) >= 11 is 4.41. The lowest BCUT2D eigenvalue weighted by Crippen LogP contribution is -1.94. The Morgan fingerprint density at radius 2 is 1.11 bits per heavy atom. The van der Waals surface area contributed by atoms with E-state index in [4.69, 9.17) is 4.79 Å². The van der Waals surface area contributed by atoms with Gasteiger partial charge in [-0.1, -0.05) is 72.8 Å². The summed E-state index contributed by atoms with van der Waals surface area (Å²) in [5.74, 6) is 0. The summed E-state index contributed by atoms with van der Waals surface area (Å²) in [5.41, 5.74) is 6.70. The second-order valence-electron chi connectivity index (χ2n) is 3.46. The average Bonchev–Trinajstić information content (AvgIpc) is 2.38. The van der Waals surface area contributed by atoms with Gasteiger partial charge in [0.05, 0.1) is 0 Å². The Labute approximate surface area is 112 Å². The van der Waals surface area contributed by atoms with Crippen molar-refractivity contribution in [1.82, 2.24) is 0 Å². The monoisotopic (exact) mass is 259 g/mol. The molecular weight excluding hydrogens is 246 g/mol. The predicted octanol–water partition coefficient (Wildman–Crippen LogP) is 4.16. The van der Waals surface area contributed by atoms with Crippen molar-refractivity contribution in [3.05, 3.63) is 71.8 Å². The topological polar surface area (TPSA) is 43.1 Å². The average molecular weight is 260 g/mol. The first-order valence-electron chi connectivity index (χ1n) is 5.41. The summed E-state index contributed by atoms with van der Waals surface area (Å²) in [6.45, 7) is 0. The Kier molecular flexibility index (Phi) is 6.30. The zero-order chi connectivity index (χ0) is 13.2. The molecule has 0 aliphatic rings. The number of carbonyl (C=O) groups excluding carboxylic acids is 1. The number of hydrogen-bond acceptors (Lipinski definition) is 1. The molecule has 2 aromatic carbocycles. The number of amides is 1. The van der Waals surface area contributed by atoms with E-state index in [1.54, 1.807) is 0 Å². The third-order valence-electron chi connectivity index (χ3n) is 2.07. The van der Waals surface area contributed by atoms with Crippen LogP contribution in [0.15, 0.2) is 60.7 Å². The molecule has 18 heavy (non-hydrogen) atoms. The summed E-state index contributed by atoms with van der Waals surface area (Å²) < 4.78 is 0. The highest BCUT2D eigenvalue weighted by atomic mass is 35.5. The van der Waals surface area contributed by atoms with Crippen molar-refractivity contribution >= 4 is 29.1 Å². The van der Waals surface area contributed by atoms with Crippen LogP contribution in [0.5, 0.6) is 0 Å². The summed E-state index contributed by atoms with van der Waals surface area (Å²) in [7, 11) is 0. The summed E-state index contributed by atoms with van der Waals surface area (Å²) in [5, 5.41) is -0.861. The molecule has 0 unspecified atom stereocenters. The van der Waals surface area contributed by atoms with Gasteiger partial charge in [-0.15, -0.1) is 0 Å². The van der Waals surface area contributed by atoms with Gasteiger partial charge in [-0.2, -0.15) is 0 Å². The third-order valence-corrected chi connectivity index (χ3v) is 2.07. The van der Waals surface area contributed by atoms with Gasteiger partial charge >= 0.3 is 5.37 Å². The number of hydrogen-bond donors (Lipinski definition) is 1. The SMILES string of the molecule is C(=Cc1ccccc1)c1ccccc1.NC(=O)Cl. The first kappa shape index (κ1) is 14.0. The molecule has 1 amide bonds. The fourth-order valence-electron chi connectivity index (χ4n) is 1.32. The van der Waals surface area contributed by atoms with Gasteiger partial charge in [-0.05, 0) is 22.7 Å². The van der Waals surface area contributed by atoms with E-state index in [1.165, 1.54) is 11.1 Å². The maximum absolute atomic E-state index is 8.99. The van der Waals surface area contributed by atoms with E-state index in [9.17, 15) is 0 Å². The molecule has 0 fully saturated rings. The minimum Gasteiger partial charge on any atom is -0.356 e. The zero-order valence-electron chi connectivity index (χ0n) is 9.79. The van der Waals surface area contributed by atoms with Crippen molar-refractivity contribution in [2.45, 2.75) is 0 Å². The summed E-state index contributed by atoms with van der Waals surface area (Å²) in [6.07, 6.45) is 4.24. The van der Waals surface area contributed by atoms with Gasteiger partial charge in [0, 0.05) is 0 Å². The molecule has 0 heterocycles. The molecule has 0 aromatic heterocycles. The van der Waals surface area contributed by atoms with Gasteiger partial charge in [-0.25, -0.2) is 0 Å². The second-order valence-corrected chi connectivity index (χ2v) is 3.83. The highest BCUT2D eigenvalue weighted by molar-refractivity contribution is 6.62. The zero-order valence-corrected chi connectivity index (χ0v) is 10.5. The molecular formula is C15H14ClNO. The maximum Gasteiger partial charge on any atom is 0.311 e. The number of carbonyl (C=O) groups is 1. The van der Waals surface area contributed by atoms with Crippen LogP contribution in [-0.2, 0) is 0 Å². The maximum atomic E-state index is 8.99. The number of rotatable bonds is 2. The molecule has 2 nitrogen and oxygen atoms in total. The normalized spacial score (nSPS) is 9.61. The van der Waals surface area contributed by atoms with Crippen LogP contribution in [0.2, 0.25) is 0 Å². The Balaban J connectivity index is 0.000000357. The van der Waals surface area contributed by atoms with Gasteiger partial charge in [0.25, 0.3) is 0 Å². The molecule has 0 aliphatic carbocycles. The lowest BCUT2D eigenvalue weighted by molar-refractivity contribution is 0.266. The lowest BCUT2D eigenvalue weighted by atomic mass is 10.1. The smallest absolute Gasteiger partial charge is 0.311 e. The lowest BCUT2D eigenvalue weighted by Gasteiger charge is -1.92. The van der Waals surface area contributed by atoms with Crippen LogP contribution in [0, 0.1) is 0 Å². The van der Waals surface area contributed by atoms with E-state index in [-0.39, 0.29) is 0 Å². The summed E-state index contributed by atoms with van der Waals surface area (Å²) in [6, 6.07) is 20.6. The number of benzene rings is 2.